The van der Waals surface area contributed by atoms with E-state index in [-0.39, 0.29) is 11.7 Å². The fourth-order valence-corrected chi connectivity index (χ4v) is 1.16. The molecular weight excluding hydrogens is 164 g/mol. The molecular formula is C11H14O2. The smallest absolute Gasteiger partial charge is 0.135 e. The van der Waals surface area contributed by atoms with Crippen molar-refractivity contribution >= 4 is 5.78 Å². The van der Waals surface area contributed by atoms with Crippen LogP contribution in [-0.4, -0.2) is 10.9 Å². The largest absolute Gasteiger partial charge is 0.388 e. The summed E-state index contributed by atoms with van der Waals surface area (Å²) in [4.78, 5) is 11.0. The van der Waals surface area contributed by atoms with Gasteiger partial charge in [0.25, 0.3) is 0 Å². The maximum atomic E-state index is 11.0. The van der Waals surface area contributed by atoms with Gasteiger partial charge in [0.15, 0.2) is 0 Å². The fourth-order valence-electron chi connectivity index (χ4n) is 1.16. The van der Waals surface area contributed by atoms with E-state index >= 15 is 0 Å². The average Bonchev–Trinajstić information content (AvgIpc) is 2.17. The summed E-state index contributed by atoms with van der Waals surface area (Å²) < 4.78 is 0. The zero-order chi connectivity index (χ0) is 9.84. The van der Waals surface area contributed by atoms with Gasteiger partial charge in [0.05, 0.1) is 6.10 Å². The lowest BCUT2D eigenvalue weighted by Crippen LogP contribution is -2.16. The summed E-state index contributed by atoms with van der Waals surface area (Å²) in [5, 5.41) is 9.74. The zero-order valence-corrected chi connectivity index (χ0v) is 7.90. The maximum absolute atomic E-state index is 11.0. The SMILES string of the molecule is CC(=O)[C@H](C)C(O)c1ccccc1. The molecule has 0 spiro atoms. The average molecular weight is 178 g/mol. The molecule has 2 atom stereocenters. The minimum absolute atomic E-state index is 0.0105. The van der Waals surface area contributed by atoms with Crippen molar-refractivity contribution in [2.75, 3.05) is 0 Å². The van der Waals surface area contributed by atoms with Gasteiger partial charge in [-0.3, -0.25) is 4.79 Å². The highest BCUT2D eigenvalue weighted by molar-refractivity contribution is 5.78. The first-order valence-corrected chi connectivity index (χ1v) is 4.36. The van der Waals surface area contributed by atoms with E-state index in [0.717, 1.165) is 5.56 Å². The van der Waals surface area contributed by atoms with E-state index in [4.69, 9.17) is 0 Å². The van der Waals surface area contributed by atoms with Crippen LogP contribution in [0.4, 0.5) is 0 Å². The number of aliphatic hydroxyl groups excluding tert-OH is 1. The molecule has 2 nitrogen and oxygen atoms in total. The van der Waals surface area contributed by atoms with Gasteiger partial charge >= 0.3 is 0 Å². The van der Waals surface area contributed by atoms with Crippen molar-refractivity contribution in [3.05, 3.63) is 35.9 Å². The Morgan fingerprint density at radius 2 is 1.85 bits per heavy atom. The van der Waals surface area contributed by atoms with Crippen LogP contribution in [0.15, 0.2) is 30.3 Å². The second-order valence-electron chi connectivity index (χ2n) is 3.25. The monoisotopic (exact) mass is 178 g/mol. The molecule has 0 saturated carbocycles. The second-order valence-corrected chi connectivity index (χ2v) is 3.25. The third-order valence-corrected chi connectivity index (χ3v) is 2.26. The summed E-state index contributed by atoms with van der Waals surface area (Å²) in [5.74, 6) is -0.321. The van der Waals surface area contributed by atoms with E-state index in [0.29, 0.717) is 0 Å². The predicted octanol–water partition coefficient (Wildman–Crippen LogP) is 1.95. The maximum Gasteiger partial charge on any atom is 0.135 e. The molecule has 0 fully saturated rings. The van der Waals surface area contributed by atoms with Gasteiger partial charge in [-0.2, -0.15) is 0 Å². The summed E-state index contributed by atoms with van der Waals surface area (Å²) in [6.07, 6.45) is -0.682. The third kappa shape index (κ3) is 2.39. The molecule has 0 saturated heterocycles. The number of benzene rings is 1. The van der Waals surface area contributed by atoms with E-state index in [1.807, 2.05) is 30.3 Å². The van der Waals surface area contributed by atoms with E-state index < -0.39 is 6.10 Å². The topological polar surface area (TPSA) is 37.3 Å². The number of Topliss-reactive ketones (excluding diaryl/α,β-unsaturated/α-hetero) is 1. The number of rotatable bonds is 3. The molecule has 0 aliphatic rings. The van der Waals surface area contributed by atoms with Gasteiger partial charge in [-0.15, -0.1) is 0 Å². The molecule has 70 valence electrons. The minimum atomic E-state index is -0.682. The van der Waals surface area contributed by atoms with Crippen LogP contribution in [-0.2, 0) is 4.79 Å². The van der Waals surface area contributed by atoms with Crippen molar-refractivity contribution in [2.45, 2.75) is 20.0 Å². The van der Waals surface area contributed by atoms with E-state index in [9.17, 15) is 9.90 Å². The van der Waals surface area contributed by atoms with E-state index in [2.05, 4.69) is 0 Å². The second kappa shape index (κ2) is 4.19. The summed E-state index contributed by atoms with van der Waals surface area (Å²) in [6.45, 7) is 3.23. The number of hydrogen-bond acceptors (Lipinski definition) is 2. The molecule has 13 heavy (non-hydrogen) atoms. The Hall–Kier alpha value is -1.15. The van der Waals surface area contributed by atoms with Gasteiger partial charge in [0.1, 0.15) is 5.78 Å². The van der Waals surface area contributed by atoms with Crippen molar-refractivity contribution in [3.63, 3.8) is 0 Å². The third-order valence-electron chi connectivity index (χ3n) is 2.26. The molecule has 0 radical (unpaired) electrons. The summed E-state index contributed by atoms with van der Waals surface area (Å²) >= 11 is 0. The number of carbonyl (C=O) groups excluding carboxylic acids is 1. The van der Waals surface area contributed by atoms with Crippen molar-refractivity contribution in [1.82, 2.24) is 0 Å². The normalized spacial score (nSPS) is 15.0. The van der Waals surface area contributed by atoms with Crippen LogP contribution in [0.25, 0.3) is 0 Å². The molecule has 1 N–H and O–H groups in total. The molecule has 1 rings (SSSR count). The molecule has 1 unspecified atom stereocenters. The fraction of sp³-hybridized carbons (Fsp3) is 0.364. The van der Waals surface area contributed by atoms with Crippen LogP contribution >= 0.6 is 0 Å². The first-order chi connectivity index (χ1) is 6.13. The van der Waals surface area contributed by atoms with Crippen LogP contribution in [0.2, 0.25) is 0 Å². The number of carbonyl (C=O) groups is 1. The molecule has 0 amide bonds. The van der Waals surface area contributed by atoms with Crippen LogP contribution in [0.5, 0.6) is 0 Å². The van der Waals surface area contributed by atoms with Gasteiger partial charge < -0.3 is 5.11 Å². The van der Waals surface area contributed by atoms with Crippen molar-refractivity contribution < 1.29 is 9.90 Å². The Balaban J connectivity index is 2.79. The summed E-state index contributed by atoms with van der Waals surface area (Å²) in [7, 11) is 0. The molecule has 0 aliphatic heterocycles. The summed E-state index contributed by atoms with van der Waals surface area (Å²) in [5.41, 5.74) is 0.796. The summed E-state index contributed by atoms with van der Waals surface area (Å²) in [6, 6.07) is 9.24. The number of hydrogen-bond donors (Lipinski definition) is 1. The first kappa shape index (κ1) is 9.93. The Labute approximate surface area is 78.2 Å². The highest BCUT2D eigenvalue weighted by Gasteiger charge is 2.19. The molecule has 0 aliphatic carbocycles. The lowest BCUT2D eigenvalue weighted by molar-refractivity contribution is -0.123. The predicted molar refractivity (Wildman–Crippen MR) is 51.2 cm³/mol. The standard InChI is InChI=1S/C11H14O2/c1-8(9(2)12)11(13)10-6-4-3-5-7-10/h3-8,11,13H,1-2H3/t8-,11?/m0/s1. The quantitative estimate of drug-likeness (QED) is 0.768. The van der Waals surface area contributed by atoms with Crippen molar-refractivity contribution in [1.29, 1.82) is 0 Å². The Bertz CT molecular complexity index is 279. The zero-order valence-electron chi connectivity index (χ0n) is 7.90. The van der Waals surface area contributed by atoms with E-state index in [1.54, 1.807) is 6.92 Å². The van der Waals surface area contributed by atoms with Gasteiger partial charge in [-0.1, -0.05) is 37.3 Å². The van der Waals surface area contributed by atoms with Crippen LogP contribution in [0.1, 0.15) is 25.5 Å². The lowest BCUT2D eigenvalue weighted by atomic mass is 9.95. The Morgan fingerprint density at radius 3 is 2.31 bits per heavy atom. The molecule has 0 aromatic heterocycles. The van der Waals surface area contributed by atoms with E-state index in [1.165, 1.54) is 6.92 Å². The lowest BCUT2D eigenvalue weighted by Gasteiger charge is -2.15. The van der Waals surface area contributed by atoms with Gasteiger partial charge in [0, 0.05) is 5.92 Å². The van der Waals surface area contributed by atoms with Crippen molar-refractivity contribution in [2.24, 2.45) is 5.92 Å². The molecule has 1 aromatic carbocycles. The molecule has 0 bridgehead atoms. The highest BCUT2D eigenvalue weighted by Crippen LogP contribution is 2.21. The molecule has 2 heteroatoms. The Morgan fingerprint density at radius 1 is 1.31 bits per heavy atom. The first-order valence-electron chi connectivity index (χ1n) is 4.36. The van der Waals surface area contributed by atoms with Gasteiger partial charge in [-0.25, -0.2) is 0 Å². The van der Waals surface area contributed by atoms with Gasteiger partial charge in [-0.05, 0) is 12.5 Å². The number of ketones is 1. The van der Waals surface area contributed by atoms with Gasteiger partial charge in [0.2, 0.25) is 0 Å². The van der Waals surface area contributed by atoms with Crippen LogP contribution < -0.4 is 0 Å². The minimum Gasteiger partial charge on any atom is -0.388 e. The Kier molecular flexibility index (Phi) is 3.20. The van der Waals surface area contributed by atoms with Crippen LogP contribution in [0.3, 0.4) is 0 Å². The molecule has 1 aromatic rings. The highest BCUT2D eigenvalue weighted by atomic mass is 16.3. The van der Waals surface area contributed by atoms with Crippen LogP contribution in [0, 0.1) is 5.92 Å². The molecule has 0 heterocycles. The number of aliphatic hydroxyl groups is 1. The van der Waals surface area contributed by atoms with Crippen molar-refractivity contribution in [3.8, 4) is 0 Å².